The van der Waals surface area contributed by atoms with Crippen LogP contribution in [0.3, 0.4) is 0 Å². The van der Waals surface area contributed by atoms with Crippen LogP contribution in [0.15, 0.2) is 36.4 Å². The van der Waals surface area contributed by atoms with Gasteiger partial charge >= 0.3 is 11.9 Å². The van der Waals surface area contributed by atoms with Crippen molar-refractivity contribution in [3.63, 3.8) is 0 Å². The minimum atomic E-state index is -0.379. The lowest BCUT2D eigenvalue weighted by Gasteiger charge is -2.35. The van der Waals surface area contributed by atoms with Crippen LogP contribution >= 0.6 is 0 Å². The van der Waals surface area contributed by atoms with E-state index in [0.29, 0.717) is 24.8 Å². The lowest BCUT2D eigenvalue weighted by atomic mass is 9.89. The summed E-state index contributed by atoms with van der Waals surface area (Å²) < 4.78 is 16.9. The van der Waals surface area contributed by atoms with Crippen molar-refractivity contribution in [3.8, 4) is 6.07 Å². The van der Waals surface area contributed by atoms with Gasteiger partial charge in [-0.25, -0.2) is 0 Å². The van der Waals surface area contributed by atoms with Gasteiger partial charge in [0.1, 0.15) is 12.7 Å². The molecule has 0 bridgehead atoms. The first-order valence-electron chi connectivity index (χ1n) is 11.4. The lowest BCUT2D eigenvalue weighted by Crippen LogP contribution is -2.37. The van der Waals surface area contributed by atoms with E-state index < -0.39 is 0 Å². The second-order valence-corrected chi connectivity index (χ2v) is 8.58. The van der Waals surface area contributed by atoms with E-state index >= 15 is 0 Å². The number of aryl methyl sites for hydroxylation is 2. The predicted molar refractivity (Wildman–Crippen MR) is 124 cm³/mol. The quantitative estimate of drug-likeness (QED) is 0.568. The molecule has 0 aromatic heterocycles. The highest BCUT2D eigenvalue weighted by molar-refractivity contribution is 5.66. The molecule has 0 N–H and O–H groups in total. The molecule has 1 fully saturated rings. The van der Waals surface area contributed by atoms with Crippen molar-refractivity contribution in [2.24, 2.45) is 0 Å². The Bertz CT molecular complexity index is 1040. The maximum absolute atomic E-state index is 11.6. The minimum Gasteiger partial charge on any atom is -0.463 e. The number of nitrogens with zero attached hydrogens (tertiary/aromatic N) is 1. The van der Waals surface area contributed by atoms with Crippen molar-refractivity contribution in [2.45, 2.75) is 71.7 Å². The molecule has 0 saturated carbocycles. The zero-order valence-corrected chi connectivity index (χ0v) is 19.7. The first kappa shape index (κ1) is 24.5. The number of carbonyl (C=O) groups excluding carboxylic acids is 2. The molecular weight excluding hydrogens is 418 g/mol. The average Bonchev–Trinajstić information content (AvgIpc) is 2.78. The Kier molecular flexibility index (Phi) is 8.24. The maximum Gasteiger partial charge on any atom is 0.302 e. The molecule has 6 nitrogen and oxygen atoms in total. The van der Waals surface area contributed by atoms with E-state index in [1.54, 1.807) is 0 Å². The van der Waals surface area contributed by atoms with Crippen LogP contribution < -0.4 is 0 Å². The van der Waals surface area contributed by atoms with Gasteiger partial charge in [0, 0.05) is 26.7 Å². The van der Waals surface area contributed by atoms with Gasteiger partial charge in [0.05, 0.1) is 23.8 Å². The van der Waals surface area contributed by atoms with Crippen LogP contribution in [0.1, 0.15) is 73.1 Å². The number of ether oxygens (including phenoxy) is 3. The second-order valence-electron chi connectivity index (χ2n) is 8.58. The van der Waals surface area contributed by atoms with Gasteiger partial charge in [-0.2, -0.15) is 5.26 Å². The molecule has 1 heterocycles. The van der Waals surface area contributed by atoms with E-state index in [1.807, 2.05) is 19.1 Å². The summed E-state index contributed by atoms with van der Waals surface area (Å²) in [5, 5.41) is 9.72. The van der Waals surface area contributed by atoms with Gasteiger partial charge in [-0.3, -0.25) is 9.59 Å². The van der Waals surface area contributed by atoms with E-state index in [-0.39, 0.29) is 36.9 Å². The number of hydrogen-bond acceptors (Lipinski definition) is 6. The third kappa shape index (κ3) is 6.66. The Labute approximate surface area is 195 Å². The van der Waals surface area contributed by atoms with E-state index in [1.165, 1.54) is 19.4 Å². The van der Waals surface area contributed by atoms with Crippen LogP contribution in [0.4, 0.5) is 0 Å². The van der Waals surface area contributed by atoms with Crippen molar-refractivity contribution < 1.29 is 23.8 Å². The molecule has 0 aliphatic carbocycles. The van der Waals surface area contributed by atoms with Crippen molar-refractivity contribution in [3.05, 3.63) is 69.8 Å². The summed E-state index contributed by atoms with van der Waals surface area (Å²) in [7, 11) is 0. The minimum absolute atomic E-state index is 0.107. The molecule has 2 aromatic rings. The highest BCUT2D eigenvalue weighted by Gasteiger charge is 2.34. The topological polar surface area (TPSA) is 85.6 Å². The number of esters is 2. The molecule has 1 saturated heterocycles. The normalized spacial score (nSPS) is 20.0. The third-order valence-corrected chi connectivity index (χ3v) is 5.95. The summed E-state index contributed by atoms with van der Waals surface area (Å²) in [6, 6.07) is 14.7. The Morgan fingerprint density at radius 2 is 1.79 bits per heavy atom. The Balaban J connectivity index is 1.89. The molecule has 3 atom stereocenters. The summed E-state index contributed by atoms with van der Waals surface area (Å²) in [5.41, 5.74) is 5.87. The van der Waals surface area contributed by atoms with Gasteiger partial charge in [-0.1, -0.05) is 37.3 Å². The standard InChI is InChI=1S/C27H31NO5/c1-5-20-6-8-21(9-7-20)11-22-12-26(17(2)10-23(22)15-28)27-14-24(32-19(4)30)13-25(33-27)16-31-18(3)29/h6-10,12,24-25,27H,5,11,13-14,16H2,1-4H3. The number of benzene rings is 2. The molecule has 174 valence electrons. The highest BCUT2D eigenvalue weighted by Crippen LogP contribution is 2.36. The average molecular weight is 450 g/mol. The van der Waals surface area contributed by atoms with Crippen LogP contribution in [-0.2, 0) is 36.6 Å². The largest absolute Gasteiger partial charge is 0.463 e. The van der Waals surface area contributed by atoms with Gasteiger partial charge in [-0.15, -0.1) is 0 Å². The van der Waals surface area contributed by atoms with Crippen molar-refractivity contribution in [2.75, 3.05) is 6.61 Å². The van der Waals surface area contributed by atoms with E-state index in [4.69, 9.17) is 14.2 Å². The highest BCUT2D eigenvalue weighted by atomic mass is 16.6. The molecule has 33 heavy (non-hydrogen) atoms. The summed E-state index contributed by atoms with van der Waals surface area (Å²) in [6.07, 6.45) is 1.55. The summed E-state index contributed by atoms with van der Waals surface area (Å²) in [6.45, 7) is 6.93. The van der Waals surface area contributed by atoms with Crippen LogP contribution in [0.5, 0.6) is 0 Å². The Hall–Kier alpha value is -3.17. The lowest BCUT2D eigenvalue weighted by molar-refractivity contribution is -0.169. The van der Waals surface area contributed by atoms with Crippen LogP contribution in [0.25, 0.3) is 0 Å². The summed E-state index contributed by atoms with van der Waals surface area (Å²) in [4.78, 5) is 22.9. The van der Waals surface area contributed by atoms with Crippen molar-refractivity contribution >= 4 is 11.9 Å². The van der Waals surface area contributed by atoms with Crippen LogP contribution in [0, 0.1) is 18.3 Å². The Morgan fingerprint density at radius 3 is 2.39 bits per heavy atom. The molecule has 1 aliphatic heterocycles. The van der Waals surface area contributed by atoms with E-state index in [0.717, 1.165) is 28.7 Å². The van der Waals surface area contributed by atoms with Crippen LogP contribution in [0.2, 0.25) is 0 Å². The van der Waals surface area contributed by atoms with Crippen molar-refractivity contribution in [1.29, 1.82) is 5.26 Å². The number of nitriles is 1. The summed E-state index contributed by atoms with van der Waals surface area (Å²) in [5.74, 6) is -0.727. The smallest absolute Gasteiger partial charge is 0.302 e. The number of rotatable bonds is 7. The molecule has 0 amide bonds. The zero-order chi connectivity index (χ0) is 24.0. The summed E-state index contributed by atoms with van der Waals surface area (Å²) >= 11 is 0. The van der Waals surface area contributed by atoms with Gasteiger partial charge < -0.3 is 14.2 Å². The monoisotopic (exact) mass is 449 g/mol. The predicted octanol–water partition coefficient (Wildman–Crippen LogP) is 4.73. The van der Waals surface area contributed by atoms with Gasteiger partial charge in [-0.05, 0) is 53.6 Å². The number of carbonyl (C=O) groups is 2. The Morgan fingerprint density at radius 1 is 1.09 bits per heavy atom. The first-order valence-corrected chi connectivity index (χ1v) is 11.4. The molecule has 0 spiro atoms. The molecular formula is C27H31NO5. The van der Waals surface area contributed by atoms with E-state index in [9.17, 15) is 14.9 Å². The van der Waals surface area contributed by atoms with Crippen LogP contribution in [-0.4, -0.2) is 30.8 Å². The molecule has 3 unspecified atom stereocenters. The SMILES string of the molecule is CCc1ccc(Cc2cc(C3CC(OC(C)=O)CC(COC(C)=O)O3)c(C)cc2C#N)cc1. The molecule has 3 rings (SSSR count). The fourth-order valence-electron chi connectivity index (χ4n) is 4.30. The van der Waals surface area contributed by atoms with Crippen molar-refractivity contribution in [1.82, 2.24) is 0 Å². The van der Waals surface area contributed by atoms with Gasteiger partial charge in [0.25, 0.3) is 0 Å². The van der Waals surface area contributed by atoms with Gasteiger partial charge in [0.2, 0.25) is 0 Å². The fraction of sp³-hybridized carbons (Fsp3) is 0.444. The molecule has 0 radical (unpaired) electrons. The molecule has 6 heteroatoms. The zero-order valence-electron chi connectivity index (χ0n) is 19.7. The molecule has 1 aliphatic rings. The number of hydrogen-bond donors (Lipinski definition) is 0. The maximum atomic E-state index is 11.6. The van der Waals surface area contributed by atoms with E-state index in [2.05, 4.69) is 37.3 Å². The second kappa shape index (κ2) is 11.1. The molecule has 2 aromatic carbocycles. The third-order valence-electron chi connectivity index (χ3n) is 5.95. The first-order chi connectivity index (χ1) is 15.8. The van der Waals surface area contributed by atoms with Gasteiger partial charge in [0.15, 0.2) is 0 Å². The fourth-order valence-corrected chi connectivity index (χ4v) is 4.30.